The van der Waals surface area contributed by atoms with Crippen LogP contribution in [0.4, 0.5) is 0 Å². The van der Waals surface area contributed by atoms with Gasteiger partial charge < -0.3 is 14.4 Å². The van der Waals surface area contributed by atoms with Crippen molar-refractivity contribution in [3.8, 4) is 22.9 Å². The predicted octanol–water partition coefficient (Wildman–Crippen LogP) is 3.60. The van der Waals surface area contributed by atoms with E-state index in [0.29, 0.717) is 25.0 Å². The van der Waals surface area contributed by atoms with Gasteiger partial charge in [0.2, 0.25) is 11.7 Å². The van der Waals surface area contributed by atoms with Crippen molar-refractivity contribution in [3.63, 3.8) is 0 Å². The minimum Gasteiger partial charge on any atom is -0.486 e. The van der Waals surface area contributed by atoms with Gasteiger partial charge in [0, 0.05) is 12.1 Å². The number of nitrogens with zero attached hydrogens (tertiary/aromatic N) is 5. The van der Waals surface area contributed by atoms with Crippen LogP contribution >= 0.6 is 0 Å². The van der Waals surface area contributed by atoms with E-state index >= 15 is 0 Å². The number of hydrogen-bond acceptors (Lipinski definition) is 6. The number of likely N-dealkylation sites (tertiary alicyclic amines) is 1. The molecule has 3 heterocycles. The summed E-state index contributed by atoms with van der Waals surface area (Å²) in [6, 6.07) is 14.1. The summed E-state index contributed by atoms with van der Waals surface area (Å²) in [6.07, 6.45) is 1.88. The Morgan fingerprint density at radius 2 is 1.88 bits per heavy atom. The second-order valence-corrected chi connectivity index (χ2v) is 8.57. The van der Waals surface area contributed by atoms with Gasteiger partial charge in [-0.1, -0.05) is 44.2 Å². The van der Waals surface area contributed by atoms with Crippen molar-refractivity contribution in [2.75, 3.05) is 19.8 Å². The first-order valence-electron chi connectivity index (χ1n) is 11.2. The highest BCUT2D eigenvalue weighted by atomic mass is 16.6. The van der Waals surface area contributed by atoms with Crippen molar-refractivity contribution in [1.29, 1.82) is 0 Å². The average Bonchev–Trinajstić information content (AvgIpc) is 3.49. The largest absolute Gasteiger partial charge is 0.486 e. The maximum atomic E-state index is 13.1. The fraction of sp³-hybridized carbons (Fsp3) is 0.417. The molecule has 1 amide bonds. The molecule has 0 bridgehead atoms. The molecule has 2 aromatic carbocycles. The third-order valence-corrected chi connectivity index (χ3v) is 6.09. The van der Waals surface area contributed by atoms with Gasteiger partial charge in [-0.25, -0.2) is 0 Å². The molecule has 32 heavy (non-hydrogen) atoms. The number of ether oxygens (including phenoxy) is 2. The summed E-state index contributed by atoms with van der Waals surface area (Å²) in [5.74, 6) is 2.49. The van der Waals surface area contributed by atoms with E-state index in [1.165, 1.54) is 10.4 Å². The summed E-state index contributed by atoms with van der Waals surface area (Å²) in [7, 11) is 0. The fourth-order valence-electron chi connectivity index (χ4n) is 4.33. The van der Waals surface area contributed by atoms with E-state index < -0.39 is 0 Å². The highest BCUT2D eigenvalue weighted by Gasteiger charge is 2.31. The van der Waals surface area contributed by atoms with Crippen LogP contribution in [0.25, 0.3) is 11.4 Å². The Morgan fingerprint density at radius 3 is 2.66 bits per heavy atom. The number of carbonyl (C=O) groups is 1. The molecule has 0 N–H and O–H groups in total. The van der Waals surface area contributed by atoms with Gasteiger partial charge in [-0.3, -0.25) is 4.79 Å². The molecule has 2 aliphatic heterocycles. The standard InChI is InChI=1S/C24H27N5O3/c1-16(2)17-5-7-18(8-6-17)24-25-27-29(26-24)15-23(30)28-11-3-4-20(28)19-9-10-21-22(14-19)32-13-12-31-21/h5-10,14,16,20H,3-4,11-13,15H2,1-2H3/t20-/m1/s1. The van der Waals surface area contributed by atoms with Crippen LogP contribution in [0.1, 0.15) is 49.8 Å². The first kappa shape index (κ1) is 20.5. The predicted molar refractivity (Wildman–Crippen MR) is 118 cm³/mol. The number of aromatic nitrogens is 4. The molecular formula is C24H27N5O3. The zero-order chi connectivity index (χ0) is 22.1. The smallest absolute Gasteiger partial charge is 0.246 e. The van der Waals surface area contributed by atoms with Crippen molar-refractivity contribution in [2.24, 2.45) is 0 Å². The summed E-state index contributed by atoms with van der Waals surface area (Å²) in [6.45, 7) is 6.21. The van der Waals surface area contributed by atoms with E-state index in [1.807, 2.05) is 35.2 Å². The lowest BCUT2D eigenvalue weighted by Gasteiger charge is -2.26. The summed E-state index contributed by atoms with van der Waals surface area (Å²) in [5.41, 5.74) is 3.22. The van der Waals surface area contributed by atoms with Gasteiger partial charge >= 0.3 is 0 Å². The Bertz CT molecular complexity index is 1110. The quantitative estimate of drug-likeness (QED) is 0.612. The van der Waals surface area contributed by atoms with Gasteiger partial charge in [0.05, 0.1) is 6.04 Å². The summed E-state index contributed by atoms with van der Waals surface area (Å²) in [4.78, 5) is 16.4. The Morgan fingerprint density at radius 1 is 1.09 bits per heavy atom. The Hall–Kier alpha value is -3.42. The van der Waals surface area contributed by atoms with Gasteiger partial charge in [0.25, 0.3) is 0 Å². The Kier molecular flexibility index (Phi) is 5.51. The molecule has 166 valence electrons. The minimum absolute atomic E-state index is 0.0125. The monoisotopic (exact) mass is 433 g/mol. The summed E-state index contributed by atoms with van der Waals surface area (Å²) < 4.78 is 11.3. The number of rotatable bonds is 5. The van der Waals surface area contributed by atoms with Crippen molar-refractivity contribution in [2.45, 2.75) is 45.2 Å². The maximum Gasteiger partial charge on any atom is 0.246 e. The molecule has 1 aromatic heterocycles. The zero-order valence-electron chi connectivity index (χ0n) is 18.4. The molecule has 8 nitrogen and oxygen atoms in total. The van der Waals surface area contributed by atoms with Gasteiger partial charge in [-0.15, -0.1) is 10.2 Å². The molecule has 0 radical (unpaired) electrons. The van der Waals surface area contributed by atoms with Gasteiger partial charge in [0.15, 0.2) is 11.5 Å². The van der Waals surface area contributed by atoms with Crippen LogP contribution in [0.2, 0.25) is 0 Å². The molecule has 5 rings (SSSR count). The van der Waals surface area contributed by atoms with E-state index in [0.717, 1.165) is 42.0 Å². The van der Waals surface area contributed by atoms with Gasteiger partial charge in [-0.05, 0) is 47.2 Å². The number of tetrazole rings is 1. The van der Waals surface area contributed by atoms with Crippen LogP contribution in [-0.2, 0) is 11.3 Å². The molecule has 0 saturated carbocycles. The van der Waals surface area contributed by atoms with E-state index in [1.54, 1.807) is 0 Å². The third-order valence-electron chi connectivity index (χ3n) is 6.09. The second-order valence-electron chi connectivity index (χ2n) is 8.57. The van der Waals surface area contributed by atoms with Gasteiger partial charge in [-0.2, -0.15) is 4.80 Å². The van der Waals surface area contributed by atoms with Crippen LogP contribution in [0.3, 0.4) is 0 Å². The molecule has 1 saturated heterocycles. The number of benzene rings is 2. The fourth-order valence-corrected chi connectivity index (χ4v) is 4.33. The van der Waals surface area contributed by atoms with Crippen LogP contribution in [0.5, 0.6) is 11.5 Å². The number of fused-ring (bicyclic) bond motifs is 1. The Labute approximate surface area is 187 Å². The molecule has 0 unspecified atom stereocenters. The van der Waals surface area contributed by atoms with Crippen molar-refractivity contribution >= 4 is 5.91 Å². The van der Waals surface area contributed by atoms with Crippen molar-refractivity contribution < 1.29 is 14.3 Å². The highest BCUT2D eigenvalue weighted by molar-refractivity contribution is 5.76. The lowest BCUT2D eigenvalue weighted by Crippen LogP contribution is -2.34. The summed E-state index contributed by atoms with van der Waals surface area (Å²) >= 11 is 0. The van der Waals surface area contributed by atoms with E-state index in [2.05, 4.69) is 41.4 Å². The van der Waals surface area contributed by atoms with Crippen molar-refractivity contribution in [1.82, 2.24) is 25.1 Å². The molecule has 1 fully saturated rings. The molecule has 8 heteroatoms. The average molecular weight is 434 g/mol. The number of hydrogen-bond donors (Lipinski definition) is 0. The molecular weight excluding hydrogens is 406 g/mol. The van der Waals surface area contributed by atoms with Crippen LogP contribution in [0.15, 0.2) is 42.5 Å². The van der Waals surface area contributed by atoms with Crippen molar-refractivity contribution in [3.05, 3.63) is 53.6 Å². The first-order chi connectivity index (χ1) is 15.6. The van der Waals surface area contributed by atoms with E-state index in [-0.39, 0.29) is 18.5 Å². The van der Waals surface area contributed by atoms with Crippen LogP contribution < -0.4 is 9.47 Å². The highest BCUT2D eigenvalue weighted by Crippen LogP contribution is 2.38. The third kappa shape index (κ3) is 4.04. The van der Waals surface area contributed by atoms with E-state index in [4.69, 9.17) is 9.47 Å². The molecule has 0 aliphatic carbocycles. The molecule has 3 aromatic rings. The molecule has 1 atom stereocenters. The van der Waals surface area contributed by atoms with E-state index in [9.17, 15) is 4.79 Å². The SMILES string of the molecule is CC(C)c1ccc(-c2nnn(CC(=O)N3CCC[C@@H]3c3ccc4c(c3)OCCO4)n2)cc1. The minimum atomic E-state index is -0.0125. The molecule has 0 spiro atoms. The first-order valence-corrected chi connectivity index (χ1v) is 11.2. The normalized spacial score (nSPS) is 17.7. The number of carbonyl (C=O) groups excluding carboxylic acids is 1. The van der Waals surface area contributed by atoms with Crippen LogP contribution in [0, 0.1) is 0 Å². The lowest BCUT2D eigenvalue weighted by molar-refractivity contribution is -0.133. The molecule has 2 aliphatic rings. The zero-order valence-corrected chi connectivity index (χ0v) is 18.4. The van der Waals surface area contributed by atoms with Gasteiger partial charge in [0.1, 0.15) is 19.8 Å². The second kappa shape index (κ2) is 8.61. The lowest BCUT2D eigenvalue weighted by atomic mass is 10.0. The topological polar surface area (TPSA) is 82.4 Å². The Balaban J connectivity index is 1.28. The maximum absolute atomic E-state index is 13.1. The van der Waals surface area contributed by atoms with Crippen LogP contribution in [-0.4, -0.2) is 50.8 Å². The summed E-state index contributed by atoms with van der Waals surface area (Å²) in [5, 5.41) is 12.7. The number of amides is 1.